The van der Waals surface area contributed by atoms with Crippen molar-refractivity contribution < 1.29 is 18.4 Å². The van der Waals surface area contributed by atoms with Crippen molar-refractivity contribution in [2.45, 2.75) is 18.0 Å². The van der Waals surface area contributed by atoms with E-state index in [4.69, 9.17) is 16.7 Å². The van der Waals surface area contributed by atoms with E-state index in [0.29, 0.717) is 6.42 Å². The SMILES string of the molecule is N#Cc1ccc(C(=O)Nc2ccc(F)c([C@@](CF)(NC(N)=O)[C@H]3C[C@H]3N)c2)nc1. The Labute approximate surface area is 164 Å². The summed E-state index contributed by atoms with van der Waals surface area (Å²) in [6, 6.07) is 6.82. The number of halogens is 2. The normalized spacial score (nSPS) is 19.5. The summed E-state index contributed by atoms with van der Waals surface area (Å²) in [5.41, 5.74) is 9.60. The number of nitrogens with one attached hydrogen (secondary N) is 2. The highest BCUT2D eigenvalue weighted by molar-refractivity contribution is 6.02. The highest BCUT2D eigenvalue weighted by Crippen LogP contribution is 2.46. The van der Waals surface area contributed by atoms with Gasteiger partial charge in [0, 0.05) is 29.4 Å². The van der Waals surface area contributed by atoms with Crippen molar-refractivity contribution in [2.24, 2.45) is 17.4 Å². The van der Waals surface area contributed by atoms with Crippen LogP contribution >= 0.6 is 0 Å². The third kappa shape index (κ3) is 4.00. The monoisotopic (exact) mass is 400 g/mol. The number of amides is 3. The number of hydrogen-bond donors (Lipinski definition) is 4. The Balaban J connectivity index is 1.93. The number of pyridine rings is 1. The van der Waals surface area contributed by atoms with Gasteiger partial charge in [0.1, 0.15) is 29.8 Å². The predicted octanol–water partition coefficient (Wildman–Crippen LogP) is 1.52. The number of aromatic nitrogens is 1. The van der Waals surface area contributed by atoms with E-state index in [0.717, 1.165) is 6.07 Å². The molecular weight excluding hydrogens is 382 g/mol. The van der Waals surface area contributed by atoms with Gasteiger partial charge in [-0.2, -0.15) is 5.26 Å². The molecule has 0 radical (unpaired) electrons. The number of nitrogens with zero attached hydrogens (tertiary/aromatic N) is 2. The van der Waals surface area contributed by atoms with Gasteiger partial charge in [-0.1, -0.05) is 0 Å². The molecule has 3 amide bonds. The number of carbonyl (C=O) groups excluding carboxylic acids is 2. The van der Waals surface area contributed by atoms with Crippen LogP contribution < -0.4 is 22.1 Å². The second-order valence-electron chi connectivity index (χ2n) is 6.79. The number of benzene rings is 1. The lowest BCUT2D eigenvalue weighted by Crippen LogP contribution is -2.53. The van der Waals surface area contributed by atoms with Crippen molar-refractivity contribution in [3.05, 3.63) is 59.2 Å². The molecule has 1 heterocycles. The Morgan fingerprint density at radius 2 is 2.07 bits per heavy atom. The molecule has 1 fully saturated rings. The quantitative estimate of drug-likeness (QED) is 0.580. The first-order chi connectivity index (χ1) is 13.8. The number of rotatable bonds is 6. The van der Waals surface area contributed by atoms with Crippen LogP contribution in [-0.4, -0.2) is 29.6 Å². The smallest absolute Gasteiger partial charge is 0.312 e. The molecule has 0 spiro atoms. The molecule has 10 heteroatoms. The Hall–Kier alpha value is -3.58. The van der Waals surface area contributed by atoms with Gasteiger partial charge < -0.3 is 22.1 Å². The van der Waals surface area contributed by atoms with Gasteiger partial charge in [-0.15, -0.1) is 0 Å². The fourth-order valence-corrected chi connectivity index (χ4v) is 3.30. The van der Waals surface area contributed by atoms with E-state index in [-0.39, 0.29) is 22.5 Å². The zero-order valence-electron chi connectivity index (χ0n) is 15.2. The van der Waals surface area contributed by atoms with E-state index in [1.807, 2.05) is 6.07 Å². The maximum absolute atomic E-state index is 14.6. The van der Waals surface area contributed by atoms with Crippen molar-refractivity contribution in [1.29, 1.82) is 5.26 Å². The maximum atomic E-state index is 14.6. The molecular formula is C19H18F2N6O2. The van der Waals surface area contributed by atoms with E-state index >= 15 is 0 Å². The third-order valence-corrected chi connectivity index (χ3v) is 4.86. The number of hydrogen-bond acceptors (Lipinski definition) is 5. The Bertz CT molecular complexity index is 991. The number of carbonyl (C=O) groups is 2. The van der Waals surface area contributed by atoms with Gasteiger partial charge in [0.05, 0.1) is 5.56 Å². The fraction of sp³-hybridized carbons (Fsp3) is 0.263. The average molecular weight is 400 g/mol. The van der Waals surface area contributed by atoms with Crippen molar-refractivity contribution in [1.82, 2.24) is 10.3 Å². The molecule has 0 saturated heterocycles. The Morgan fingerprint density at radius 3 is 2.59 bits per heavy atom. The zero-order chi connectivity index (χ0) is 21.2. The first-order valence-electron chi connectivity index (χ1n) is 8.67. The van der Waals surface area contributed by atoms with Crippen LogP contribution in [0, 0.1) is 23.1 Å². The van der Waals surface area contributed by atoms with Crippen LogP contribution in [0.4, 0.5) is 19.3 Å². The highest BCUT2D eigenvalue weighted by Gasteiger charge is 2.54. The number of primary amides is 1. The maximum Gasteiger partial charge on any atom is 0.312 e. The molecule has 1 aromatic heterocycles. The molecule has 1 aromatic carbocycles. The molecule has 3 atom stereocenters. The van der Waals surface area contributed by atoms with E-state index in [2.05, 4.69) is 15.6 Å². The van der Waals surface area contributed by atoms with E-state index in [9.17, 15) is 18.4 Å². The second kappa shape index (κ2) is 7.81. The summed E-state index contributed by atoms with van der Waals surface area (Å²) in [7, 11) is 0. The van der Waals surface area contributed by atoms with Crippen LogP contribution in [0.15, 0.2) is 36.5 Å². The van der Waals surface area contributed by atoms with Crippen LogP contribution in [0.5, 0.6) is 0 Å². The van der Waals surface area contributed by atoms with Gasteiger partial charge in [-0.25, -0.2) is 18.6 Å². The molecule has 0 unspecified atom stereocenters. The summed E-state index contributed by atoms with van der Waals surface area (Å²) >= 11 is 0. The largest absolute Gasteiger partial charge is 0.352 e. The van der Waals surface area contributed by atoms with Gasteiger partial charge in [-0.3, -0.25) is 4.79 Å². The molecule has 2 aromatic rings. The average Bonchev–Trinajstić information content (AvgIpc) is 3.44. The number of nitriles is 1. The molecule has 8 nitrogen and oxygen atoms in total. The Morgan fingerprint density at radius 1 is 1.34 bits per heavy atom. The molecule has 3 rings (SSSR count). The highest BCUT2D eigenvalue weighted by atomic mass is 19.1. The molecule has 29 heavy (non-hydrogen) atoms. The molecule has 1 aliphatic rings. The summed E-state index contributed by atoms with van der Waals surface area (Å²) in [5.74, 6) is -1.92. The first kappa shape index (κ1) is 20.2. The summed E-state index contributed by atoms with van der Waals surface area (Å²) in [5, 5.41) is 13.6. The molecule has 150 valence electrons. The van der Waals surface area contributed by atoms with Crippen molar-refractivity contribution >= 4 is 17.6 Å². The van der Waals surface area contributed by atoms with Gasteiger partial charge >= 0.3 is 6.03 Å². The van der Waals surface area contributed by atoms with Crippen molar-refractivity contribution in [3.63, 3.8) is 0 Å². The standard InChI is InChI=1S/C19H18F2N6O2/c20-9-19(27-18(24)29,13-6-15(13)23)12-5-11(2-3-14(12)21)26-17(28)16-4-1-10(7-22)8-25-16/h1-5,8,13,15H,6,9,23H2,(H,26,28)(H3,24,27,29)/t13-,15+,19+/m0/s1. The van der Waals surface area contributed by atoms with Crippen LogP contribution in [0.1, 0.15) is 28.0 Å². The molecule has 0 aliphatic heterocycles. The Kier molecular flexibility index (Phi) is 5.43. The van der Waals surface area contributed by atoms with Gasteiger partial charge in [-0.05, 0) is 36.8 Å². The topological polar surface area (TPSA) is 147 Å². The summed E-state index contributed by atoms with van der Waals surface area (Å²) in [6.45, 7) is -1.13. The minimum absolute atomic E-state index is 0.0334. The van der Waals surface area contributed by atoms with Gasteiger partial charge in [0.25, 0.3) is 5.91 Å². The lowest BCUT2D eigenvalue weighted by molar-refractivity contribution is 0.102. The first-order valence-corrected chi connectivity index (χ1v) is 8.67. The van der Waals surface area contributed by atoms with Crippen molar-refractivity contribution in [3.8, 4) is 6.07 Å². The lowest BCUT2D eigenvalue weighted by atomic mass is 9.85. The van der Waals surface area contributed by atoms with E-state index in [1.165, 1.54) is 30.5 Å². The molecule has 1 saturated carbocycles. The minimum atomic E-state index is -1.73. The van der Waals surface area contributed by atoms with Crippen LogP contribution in [0.2, 0.25) is 0 Å². The van der Waals surface area contributed by atoms with Crippen LogP contribution in [0.3, 0.4) is 0 Å². The van der Waals surface area contributed by atoms with Crippen LogP contribution in [0.25, 0.3) is 0 Å². The summed E-state index contributed by atoms with van der Waals surface area (Å²) in [6.07, 6.45) is 1.62. The lowest BCUT2D eigenvalue weighted by Gasteiger charge is -2.33. The third-order valence-electron chi connectivity index (χ3n) is 4.86. The number of anilines is 1. The second-order valence-corrected chi connectivity index (χ2v) is 6.79. The van der Waals surface area contributed by atoms with Crippen molar-refractivity contribution in [2.75, 3.05) is 12.0 Å². The molecule has 6 N–H and O–H groups in total. The van der Waals surface area contributed by atoms with E-state index in [1.54, 1.807) is 0 Å². The van der Waals surface area contributed by atoms with Gasteiger partial charge in [0.2, 0.25) is 0 Å². The number of alkyl halides is 1. The van der Waals surface area contributed by atoms with Crippen LogP contribution in [-0.2, 0) is 5.54 Å². The minimum Gasteiger partial charge on any atom is -0.352 e. The predicted molar refractivity (Wildman–Crippen MR) is 99.8 cm³/mol. The molecule has 1 aliphatic carbocycles. The van der Waals surface area contributed by atoms with Gasteiger partial charge in [0.15, 0.2) is 0 Å². The zero-order valence-corrected chi connectivity index (χ0v) is 15.2. The van der Waals surface area contributed by atoms with E-state index < -0.39 is 41.9 Å². The molecule has 0 bridgehead atoms. The summed E-state index contributed by atoms with van der Waals surface area (Å²) in [4.78, 5) is 27.7. The summed E-state index contributed by atoms with van der Waals surface area (Å²) < 4.78 is 28.7. The number of nitrogens with two attached hydrogens (primary N) is 2. The fourth-order valence-electron chi connectivity index (χ4n) is 3.30. The number of urea groups is 1.